The molecule has 5 heteroatoms. The number of rotatable bonds is 3. The topological polar surface area (TPSA) is 73.6 Å². The van der Waals surface area contributed by atoms with Gasteiger partial charge in [-0.25, -0.2) is 4.79 Å². The Labute approximate surface area is 103 Å². The molecule has 1 saturated heterocycles. The van der Waals surface area contributed by atoms with E-state index in [1.807, 2.05) is 20.8 Å². The van der Waals surface area contributed by atoms with Gasteiger partial charge in [0.15, 0.2) is 0 Å². The molecule has 5 nitrogen and oxygen atoms in total. The van der Waals surface area contributed by atoms with Gasteiger partial charge < -0.3 is 20.5 Å². The summed E-state index contributed by atoms with van der Waals surface area (Å²) in [7, 11) is 0. The third-order valence-electron chi connectivity index (χ3n) is 2.99. The van der Waals surface area contributed by atoms with Crippen LogP contribution in [-0.2, 0) is 9.47 Å². The number of amides is 1. The molecular formula is C12H24N2O3. The monoisotopic (exact) mass is 244 g/mol. The van der Waals surface area contributed by atoms with E-state index >= 15 is 0 Å². The maximum atomic E-state index is 11.6. The highest BCUT2D eigenvalue weighted by molar-refractivity contribution is 5.67. The van der Waals surface area contributed by atoms with Gasteiger partial charge in [-0.2, -0.15) is 0 Å². The van der Waals surface area contributed by atoms with Crippen LogP contribution in [0.3, 0.4) is 0 Å². The predicted molar refractivity (Wildman–Crippen MR) is 65.8 cm³/mol. The van der Waals surface area contributed by atoms with Gasteiger partial charge in [-0.05, 0) is 40.2 Å². The van der Waals surface area contributed by atoms with Gasteiger partial charge in [0.1, 0.15) is 5.60 Å². The molecule has 0 aliphatic carbocycles. The first-order valence-corrected chi connectivity index (χ1v) is 6.12. The molecule has 0 aromatic rings. The molecule has 0 spiro atoms. The van der Waals surface area contributed by atoms with Crippen LogP contribution < -0.4 is 11.1 Å². The highest BCUT2D eigenvalue weighted by Gasteiger charge is 2.32. The van der Waals surface area contributed by atoms with E-state index in [9.17, 15) is 4.79 Å². The second kappa shape index (κ2) is 5.69. The van der Waals surface area contributed by atoms with E-state index in [0.717, 1.165) is 12.8 Å². The summed E-state index contributed by atoms with van der Waals surface area (Å²) in [6.07, 6.45) is 1.40. The van der Waals surface area contributed by atoms with Crippen LogP contribution >= 0.6 is 0 Å². The lowest BCUT2D eigenvalue weighted by molar-refractivity contribution is 0.0138. The minimum Gasteiger partial charge on any atom is -0.444 e. The molecule has 1 heterocycles. The standard InChI is InChI=1S/C12H24N2O3/c1-11(2,3)17-10(15)14-9-12(8-13)4-6-16-7-5-12/h4-9,13H2,1-3H3,(H,14,15). The number of hydrogen-bond donors (Lipinski definition) is 2. The molecule has 0 unspecified atom stereocenters. The van der Waals surface area contributed by atoms with Crippen molar-refractivity contribution in [1.82, 2.24) is 5.32 Å². The van der Waals surface area contributed by atoms with Gasteiger partial charge in [-0.3, -0.25) is 0 Å². The fourth-order valence-electron chi connectivity index (χ4n) is 1.83. The van der Waals surface area contributed by atoms with E-state index in [-0.39, 0.29) is 11.5 Å². The Kier molecular flexibility index (Phi) is 4.77. The Balaban J connectivity index is 2.39. The van der Waals surface area contributed by atoms with Crippen LogP contribution in [0.4, 0.5) is 4.79 Å². The summed E-state index contributed by atoms with van der Waals surface area (Å²) in [6.45, 7) is 8.09. The van der Waals surface area contributed by atoms with Crippen LogP contribution in [0.1, 0.15) is 33.6 Å². The van der Waals surface area contributed by atoms with Gasteiger partial charge in [0.05, 0.1) is 0 Å². The number of carbonyl (C=O) groups excluding carboxylic acids is 1. The van der Waals surface area contributed by atoms with Crippen molar-refractivity contribution in [2.24, 2.45) is 11.1 Å². The molecule has 17 heavy (non-hydrogen) atoms. The van der Waals surface area contributed by atoms with Gasteiger partial charge >= 0.3 is 6.09 Å². The third kappa shape index (κ3) is 4.91. The summed E-state index contributed by atoms with van der Waals surface area (Å²) in [5, 5.41) is 2.80. The van der Waals surface area contributed by atoms with Crippen molar-refractivity contribution >= 4 is 6.09 Å². The highest BCUT2D eigenvalue weighted by atomic mass is 16.6. The van der Waals surface area contributed by atoms with Crippen molar-refractivity contribution < 1.29 is 14.3 Å². The Morgan fingerprint density at radius 1 is 1.41 bits per heavy atom. The molecule has 0 radical (unpaired) electrons. The van der Waals surface area contributed by atoms with Crippen LogP contribution in [-0.4, -0.2) is 38.0 Å². The second-order valence-corrected chi connectivity index (χ2v) is 5.67. The zero-order valence-corrected chi connectivity index (χ0v) is 11.0. The predicted octanol–water partition coefficient (Wildman–Crippen LogP) is 1.27. The van der Waals surface area contributed by atoms with Crippen molar-refractivity contribution in [2.45, 2.75) is 39.2 Å². The molecular weight excluding hydrogens is 220 g/mol. The third-order valence-corrected chi connectivity index (χ3v) is 2.99. The summed E-state index contributed by atoms with van der Waals surface area (Å²) in [4.78, 5) is 11.6. The number of carbonyl (C=O) groups is 1. The van der Waals surface area contributed by atoms with Crippen molar-refractivity contribution in [1.29, 1.82) is 0 Å². The zero-order chi connectivity index (χ0) is 12.9. The van der Waals surface area contributed by atoms with Crippen molar-refractivity contribution in [2.75, 3.05) is 26.3 Å². The second-order valence-electron chi connectivity index (χ2n) is 5.67. The van der Waals surface area contributed by atoms with Crippen LogP contribution in [0.2, 0.25) is 0 Å². The molecule has 1 aliphatic rings. The Hall–Kier alpha value is -0.810. The molecule has 1 fully saturated rings. The molecule has 0 saturated carbocycles. The van der Waals surface area contributed by atoms with Gasteiger partial charge in [-0.15, -0.1) is 0 Å². The number of nitrogens with one attached hydrogen (secondary N) is 1. The van der Waals surface area contributed by atoms with Crippen molar-refractivity contribution in [3.8, 4) is 0 Å². The quantitative estimate of drug-likeness (QED) is 0.784. The summed E-state index contributed by atoms with van der Waals surface area (Å²) in [5.74, 6) is 0. The van der Waals surface area contributed by atoms with Crippen LogP contribution in [0.5, 0.6) is 0 Å². The van der Waals surface area contributed by atoms with Crippen LogP contribution in [0.15, 0.2) is 0 Å². The van der Waals surface area contributed by atoms with Gasteiger partial charge in [0.25, 0.3) is 0 Å². The smallest absolute Gasteiger partial charge is 0.407 e. The average molecular weight is 244 g/mol. The summed E-state index contributed by atoms with van der Waals surface area (Å²) in [6, 6.07) is 0. The molecule has 100 valence electrons. The van der Waals surface area contributed by atoms with Crippen molar-refractivity contribution in [3.05, 3.63) is 0 Å². The van der Waals surface area contributed by atoms with E-state index in [4.69, 9.17) is 15.2 Å². The van der Waals surface area contributed by atoms with Gasteiger partial charge in [0.2, 0.25) is 0 Å². The SMILES string of the molecule is CC(C)(C)OC(=O)NCC1(CN)CCOCC1. The molecule has 0 bridgehead atoms. The molecule has 1 rings (SSSR count). The first-order chi connectivity index (χ1) is 7.87. The number of nitrogens with two attached hydrogens (primary N) is 1. The first-order valence-electron chi connectivity index (χ1n) is 6.12. The fourth-order valence-corrected chi connectivity index (χ4v) is 1.83. The average Bonchev–Trinajstić information content (AvgIpc) is 2.25. The van der Waals surface area contributed by atoms with Crippen LogP contribution in [0, 0.1) is 5.41 Å². The normalized spacial score (nSPS) is 19.8. The van der Waals surface area contributed by atoms with E-state index in [2.05, 4.69) is 5.32 Å². The summed E-state index contributed by atoms with van der Waals surface area (Å²) >= 11 is 0. The maximum absolute atomic E-state index is 11.6. The minimum absolute atomic E-state index is 0.0326. The van der Waals surface area contributed by atoms with E-state index in [0.29, 0.717) is 26.3 Å². The maximum Gasteiger partial charge on any atom is 0.407 e. The Morgan fingerprint density at radius 2 is 2.00 bits per heavy atom. The lowest BCUT2D eigenvalue weighted by atomic mass is 9.80. The fraction of sp³-hybridized carbons (Fsp3) is 0.917. The minimum atomic E-state index is -0.463. The molecule has 0 aromatic heterocycles. The zero-order valence-electron chi connectivity index (χ0n) is 11.0. The van der Waals surface area contributed by atoms with Crippen molar-refractivity contribution in [3.63, 3.8) is 0 Å². The first kappa shape index (κ1) is 14.3. The largest absolute Gasteiger partial charge is 0.444 e. The van der Waals surface area contributed by atoms with E-state index in [1.54, 1.807) is 0 Å². The molecule has 3 N–H and O–H groups in total. The lowest BCUT2D eigenvalue weighted by Crippen LogP contribution is -2.46. The Bertz CT molecular complexity index is 255. The van der Waals surface area contributed by atoms with E-state index in [1.165, 1.54) is 0 Å². The van der Waals surface area contributed by atoms with Gasteiger partial charge in [-0.1, -0.05) is 0 Å². The summed E-state index contributed by atoms with van der Waals surface area (Å²) < 4.78 is 10.5. The molecule has 1 amide bonds. The van der Waals surface area contributed by atoms with E-state index < -0.39 is 5.60 Å². The summed E-state index contributed by atoms with van der Waals surface area (Å²) in [5.41, 5.74) is 5.31. The highest BCUT2D eigenvalue weighted by Crippen LogP contribution is 2.28. The molecule has 0 aromatic carbocycles. The number of hydrogen-bond acceptors (Lipinski definition) is 4. The molecule has 0 atom stereocenters. The molecule has 1 aliphatic heterocycles. The Morgan fingerprint density at radius 3 is 2.47 bits per heavy atom. The number of ether oxygens (including phenoxy) is 2. The lowest BCUT2D eigenvalue weighted by Gasteiger charge is -2.36. The number of alkyl carbamates (subject to hydrolysis) is 1. The van der Waals surface area contributed by atoms with Crippen LogP contribution in [0.25, 0.3) is 0 Å². The van der Waals surface area contributed by atoms with Gasteiger partial charge in [0, 0.05) is 25.2 Å².